The van der Waals surface area contributed by atoms with Crippen LogP contribution in [0.2, 0.25) is 0 Å². The Morgan fingerprint density at radius 3 is 2.61 bits per heavy atom. The van der Waals surface area contributed by atoms with E-state index in [-0.39, 0.29) is 12.0 Å². The molecule has 4 heteroatoms. The molecule has 4 nitrogen and oxygen atoms in total. The minimum absolute atomic E-state index is 0.0150. The zero-order valence-corrected chi connectivity index (χ0v) is 11.4. The molecule has 0 fully saturated rings. The van der Waals surface area contributed by atoms with Gasteiger partial charge in [-0.1, -0.05) is 32.9 Å². The van der Waals surface area contributed by atoms with Gasteiger partial charge in [-0.2, -0.15) is 0 Å². The molecule has 0 aliphatic rings. The molecule has 0 aliphatic carbocycles. The highest BCUT2D eigenvalue weighted by molar-refractivity contribution is 5.73. The molecule has 2 N–H and O–H groups in total. The quantitative estimate of drug-likeness (QED) is 0.840. The van der Waals surface area contributed by atoms with Crippen LogP contribution in [0.15, 0.2) is 24.3 Å². The van der Waals surface area contributed by atoms with Crippen molar-refractivity contribution in [3.8, 4) is 5.75 Å². The maximum Gasteiger partial charge on any atom is 0.346 e. The lowest BCUT2D eigenvalue weighted by Gasteiger charge is -2.21. The summed E-state index contributed by atoms with van der Waals surface area (Å²) in [6, 6.07) is 7.57. The fourth-order valence-electron chi connectivity index (χ4n) is 1.56. The maximum absolute atomic E-state index is 11.0. The monoisotopic (exact) mass is 251 g/mol. The molecule has 0 amide bonds. The number of nitrogens with one attached hydrogen (secondary N) is 1. The third-order valence-electron chi connectivity index (χ3n) is 2.64. The molecule has 0 aromatic heterocycles. The van der Waals surface area contributed by atoms with Crippen LogP contribution >= 0.6 is 0 Å². The van der Waals surface area contributed by atoms with Gasteiger partial charge in [0.05, 0.1) is 0 Å². The number of hydrogen-bond acceptors (Lipinski definition) is 3. The molecule has 1 atom stereocenters. The van der Waals surface area contributed by atoms with E-state index in [1.807, 2.05) is 18.2 Å². The van der Waals surface area contributed by atoms with Gasteiger partial charge in [-0.15, -0.1) is 0 Å². The number of aliphatic carboxylic acids is 1. The number of ether oxygens (including phenoxy) is 1. The van der Waals surface area contributed by atoms with Crippen molar-refractivity contribution in [1.29, 1.82) is 0 Å². The van der Waals surface area contributed by atoms with E-state index in [0.717, 1.165) is 5.56 Å². The van der Waals surface area contributed by atoms with Gasteiger partial charge in [0, 0.05) is 6.54 Å². The highest BCUT2D eigenvalue weighted by Gasteiger charge is 2.19. The van der Waals surface area contributed by atoms with Crippen molar-refractivity contribution in [2.24, 2.45) is 0 Å². The second-order valence-corrected chi connectivity index (χ2v) is 5.28. The molecule has 0 aliphatic heterocycles. The number of benzene rings is 1. The summed E-state index contributed by atoms with van der Waals surface area (Å²) in [7, 11) is 1.70. The standard InChI is InChI=1S/C14H21NO3/c1-14(2,3)10-6-5-7-11(8-10)18-12(9-15-4)13(16)17/h5-8,12,15H,9H2,1-4H3,(H,16,17). The van der Waals surface area contributed by atoms with Crippen LogP contribution in [0.4, 0.5) is 0 Å². The van der Waals surface area contributed by atoms with Crippen molar-refractivity contribution in [1.82, 2.24) is 5.32 Å². The van der Waals surface area contributed by atoms with Gasteiger partial charge in [-0.25, -0.2) is 4.79 Å². The van der Waals surface area contributed by atoms with Crippen LogP contribution in [-0.4, -0.2) is 30.8 Å². The van der Waals surface area contributed by atoms with Crippen LogP contribution in [0.3, 0.4) is 0 Å². The first kappa shape index (κ1) is 14.5. The van der Waals surface area contributed by atoms with Crippen LogP contribution in [-0.2, 0) is 10.2 Å². The average molecular weight is 251 g/mol. The second kappa shape index (κ2) is 5.87. The zero-order valence-electron chi connectivity index (χ0n) is 11.4. The average Bonchev–Trinajstić information content (AvgIpc) is 2.27. The minimum Gasteiger partial charge on any atom is -0.478 e. The van der Waals surface area contributed by atoms with Crippen molar-refractivity contribution in [3.05, 3.63) is 29.8 Å². The minimum atomic E-state index is -0.967. The van der Waals surface area contributed by atoms with Crippen molar-refractivity contribution in [3.63, 3.8) is 0 Å². The molecule has 18 heavy (non-hydrogen) atoms. The zero-order chi connectivity index (χ0) is 13.8. The van der Waals surface area contributed by atoms with Gasteiger partial charge in [0.15, 0.2) is 0 Å². The molecule has 0 spiro atoms. The van der Waals surface area contributed by atoms with E-state index in [0.29, 0.717) is 5.75 Å². The van der Waals surface area contributed by atoms with Crippen molar-refractivity contribution in [2.75, 3.05) is 13.6 Å². The first-order valence-corrected chi connectivity index (χ1v) is 5.99. The van der Waals surface area contributed by atoms with E-state index in [1.165, 1.54) is 0 Å². The van der Waals surface area contributed by atoms with Crippen LogP contribution in [0, 0.1) is 0 Å². The molecule has 0 radical (unpaired) electrons. The summed E-state index contributed by atoms with van der Waals surface area (Å²) in [6.45, 7) is 6.59. The van der Waals surface area contributed by atoms with Crippen molar-refractivity contribution < 1.29 is 14.6 Å². The fraction of sp³-hybridized carbons (Fsp3) is 0.500. The Hall–Kier alpha value is -1.55. The SMILES string of the molecule is CNCC(Oc1cccc(C(C)(C)C)c1)C(=O)O. The molecular formula is C14H21NO3. The van der Waals surface area contributed by atoms with Crippen molar-refractivity contribution in [2.45, 2.75) is 32.3 Å². The summed E-state index contributed by atoms with van der Waals surface area (Å²) in [6.07, 6.45) is -0.870. The van der Waals surface area contributed by atoms with E-state index < -0.39 is 12.1 Å². The number of hydrogen-bond donors (Lipinski definition) is 2. The van der Waals surface area contributed by atoms with Crippen LogP contribution in [0.5, 0.6) is 5.75 Å². The third-order valence-corrected chi connectivity index (χ3v) is 2.64. The maximum atomic E-state index is 11.0. The molecule has 0 heterocycles. The Kier molecular flexibility index (Phi) is 4.73. The van der Waals surface area contributed by atoms with E-state index in [2.05, 4.69) is 26.1 Å². The molecule has 0 saturated heterocycles. The lowest BCUT2D eigenvalue weighted by molar-refractivity contribution is -0.144. The Morgan fingerprint density at radius 1 is 1.44 bits per heavy atom. The van der Waals surface area contributed by atoms with Gasteiger partial charge in [0.2, 0.25) is 6.10 Å². The molecule has 1 aromatic carbocycles. The topological polar surface area (TPSA) is 58.6 Å². The van der Waals surface area contributed by atoms with E-state index in [9.17, 15) is 4.79 Å². The summed E-state index contributed by atoms with van der Waals surface area (Å²) in [4.78, 5) is 11.0. The summed E-state index contributed by atoms with van der Waals surface area (Å²) < 4.78 is 5.49. The Labute approximate surface area is 108 Å². The largest absolute Gasteiger partial charge is 0.478 e. The Bertz CT molecular complexity index is 410. The predicted octanol–water partition coefficient (Wildman–Crippen LogP) is 2.04. The van der Waals surface area contributed by atoms with E-state index in [4.69, 9.17) is 9.84 Å². The van der Waals surface area contributed by atoms with Crippen molar-refractivity contribution >= 4 is 5.97 Å². The number of likely N-dealkylation sites (N-methyl/N-ethyl adjacent to an activating group) is 1. The molecule has 0 saturated carbocycles. The Balaban J connectivity index is 2.87. The second-order valence-electron chi connectivity index (χ2n) is 5.28. The Morgan fingerprint density at radius 2 is 2.11 bits per heavy atom. The van der Waals surface area contributed by atoms with Crippen LogP contribution < -0.4 is 10.1 Å². The predicted molar refractivity (Wildman–Crippen MR) is 71.1 cm³/mol. The number of carboxylic acids is 1. The first-order chi connectivity index (χ1) is 8.34. The van der Waals surface area contributed by atoms with Gasteiger partial charge in [0.25, 0.3) is 0 Å². The first-order valence-electron chi connectivity index (χ1n) is 5.99. The number of rotatable bonds is 5. The highest BCUT2D eigenvalue weighted by atomic mass is 16.5. The van der Waals surface area contributed by atoms with E-state index in [1.54, 1.807) is 13.1 Å². The van der Waals surface area contributed by atoms with Gasteiger partial charge < -0.3 is 15.2 Å². The third kappa shape index (κ3) is 4.04. The smallest absolute Gasteiger partial charge is 0.346 e. The molecule has 1 unspecified atom stereocenters. The number of carbonyl (C=O) groups is 1. The lowest BCUT2D eigenvalue weighted by Crippen LogP contribution is -2.36. The molecule has 1 aromatic rings. The molecule has 100 valence electrons. The fourth-order valence-corrected chi connectivity index (χ4v) is 1.56. The summed E-state index contributed by atoms with van der Waals surface area (Å²) in [5.41, 5.74) is 1.13. The molecule has 1 rings (SSSR count). The lowest BCUT2D eigenvalue weighted by atomic mass is 9.87. The van der Waals surface area contributed by atoms with Gasteiger partial charge >= 0.3 is 5.97 Å². The van der Waals surface area contributed by atoms with E-state index >= 15 is 0 Å². The van der Waals surface area contributed by atoms with Gasteiger partial charge in [-0.3, -0.25) is 0 Å². The molecular weight excluding hydrogens is 230 g/mol. The molecule has 0 bridgehead atoms. The van der Waals surface area contributed by atoms with Gasteiger partial charge in [-0.05, 0) is 30.2 Å². The van der Waals surface area contributed by atoms with Crippen LogP contribution in [0.1, 0.15) is 26.3 Å². The summed E-state index contributed by atoms with van der Waals surface area (Å²) >= 11 is 0. The van der Waals surface area contributed by atoms with Crippen LogP contribution in [0.25, 0.3) is 0 Å². The highest BCUT2D eigenvalue weighted by Crippen LogP contribution is 2.26. The summed E-state index contributed by atoms with van der Waals surface area (Å²) in [5.74, 6) is -0.379. The summed E-state index contributed by atoms with van der Waals surface area (Å²) in [5, 5.41) is 11.8. The number of carboxylic acid groups (broad SMARTS) is 1. The normalized spacial score (nSPS) is 13.1. The van der Waals surface area contributed by atoms with Gasteiger partial charge in [0.1, 0.15) is 5.75 Å².